The van der Waals surface area contributed by atoms with Crippen LogP contribution in [0.4, 0.5) is 11.5 Å². The number of sulfone groups is 1. The third-order valence-corrected chi connectivity index (χ3v) is 6.33. The summed E-state index contributed by atoms with van der Waals surface area (Å²) in [5.74, 6) is 0.561. The second-order valence-electron chi connectivity index (χ2n) is 6.90. The predicted molar refractivity (Wildman–Crippen MR) is 103 cm³/mol. The Morgan fingerprint density at radius 3 is 2.50 bits per heavy atom. The van der Waals surface area contributed by atoms with Gasteiger partial charge in [-0.25, -0.2) is 13.4 Å². The number of carbonyl (C=O) groups is 1. The number of anilines is 2. The highest BCUT2D eigenvalue weighted by Crippen LogP contribution is 2.21. The van der Waals surface area contributed by atoms with E-state index < -0.39 is 9.84 Å². The Morgan fingerprint density at radius 1 is 1.19 bits per heavy atom. The van der Waals surface area contributed by atoms with Gasteiger partial charge in [0.25, 0.3) is 5.91 Å². The number of nitrogens with one attached hydrogen (secondary N) is 1. The van der Waals surface area contributed by atoms with Gasteiger partial charge in [0.2, 0.25) is 0 Å². The number of hydrogen-bond donors (Lipinski definition) is 1. The lowest BCUT2D eigenvalue weighted by Gasteiger charge is -2.23. The van der Waals surface area contributed by atoms with Gasteiger partial charge in [-0.15, -0.1) is 0 Å². The van der Waals surface area contributed by atoms with Crippen molar-refractivity contribution in [3.63, 3.8) is 0 Å². The van der Waals surface area contributed by atoms with E-state index in [2.05, 4.69) is 16.4 Å². The summed E-state index contributed by atoms with van der Waals surface area (Å²) in [6.45, 7) is 4.05. The quantitative estimate of drug-likeness (QED) is 0.891. The maximum atomic E-state index is 12.7. The van der Waals surface area contributed by atoms with E-state index in [1.807, 2.05) is 26.0 Å². The topological polar surface area (TPSA) is 79.4 Å². The minimum Gasteiger partial charge on any atom is -0.340 e. The summed E-state index contributed by atoms with van der Waals surface area (Å²) in [7, 11) is -1.37. The molecule has 0 aliphatic carbocycles. The van der Waals surface area contributed by atoms with Crippen LogP contribution in [0.25, 0.3) is 0 Å². The van der Waals surface area contributed by atoms with Gasteiger partial charge in [0.15, 0.2) is 9.84 Å². The smallest absolute Gasteiger partial charge is 0.254 e. The first kappa shape index (κ1) is 18.4. The fourth-order valence-electron chi connectivity index (χ4n) is 3.28. The van der Waals surface area contributed by atoms with Crippen LogP contribution in [0.3, 0.4) is 0 Å². The van der Waals surface area contributed by atoms with Crippen LogP contribution in [0, 0.1) is 13.8 Å². The van der Waals surface area contributed by atoms with Crippen molar-refractivity contribution >= 4 is 27.2 Å². The van der Waals surface area contributed by atoms with E-state index in [4.69, 9.17) is 0 Å². The molecule has 2 heterocycles. The SMILES string of the molecule is Cc1cc(C)cc(Nc2cc(C(=O)N(C)C3CCS(=O)(=O)C3)ccn2)c1. The number of carbonyl (C=O) groups excluding carboxylic acids is 1. The van der Waals surface area contributed by atoms with Gasteiger partial charge in [-0.3, -0.25) is 4.79 Å². The van der Waals surface area contributed by atoms with Crippen LogP contribution in [0.2, 0.25) is 0 Å². The molecule has 1 aromatic heterocycles. The predicted octanol–water partition coefficient (Wildman–Crippen LogP) is 2.70. The molecule has 1 aromatic carbocycles. The number of benzene rings is 1. The monoisotopic (exact) mass is 373 g/mol. The summed E-state index contributed by atoms with van der Waals surface area (Å²) in [6, 6.07) is 9.19. The van der Waals surface area contributed by atoms with E-state index in [0.29, 0.717) is 17.8 Å². The number of pyridine rings is 1. The Labute approximate surface area is 154 Å². The molecule has 0 radical (unpaired) electrons. The number of aryl methyl sites for hydroxylation is 2. The lowest BCUT2D eigenvalue weighted by Crippen LogP contribution is -2.37. The van der Waals surface area contributed by atoms with E-state index >= 15 is 0 Å². The van der Waals surface area contributed by atoms with Gasteiger partial charge in [0.05, 0.1) is 11.5 Å². The number of aromatic nitrogens is 1. The molecule has 26 heavy (non-hydrogen) atoms. The lowest BCUT2D eigenvalue weighted by molar-refractivity contribution is 0.0747. The van der Waals surface area contributed by atoms with Crippen LogP contribution in [-0.2, 0) is 9.84 Å². The van der Waals surface area contributed by atoms with Crippen molar-refractivity contribution in [3.05, 3.63) is 53.2 Å². The third kappa shape index (κ3) is 4.22. The Hall–Kier alpha value is -2.41. The van der Waals surface area contributed by atoms with Crippen molar-refractivity contribution in [2.24, 2.45) is 0 Å². The number of nitrogens with zero attached hydrogens (tertiary/aromatic N) is 2. The third-order valence-electron chi connectivity index (χ3n) is 4.58. The van der Waals surface area contributed by atoms with Crippen molar-refractivity contribution < 1.29 is 13.2 Å². The Bertz CT molecular complexity index is 921. The van der Waals surface area contributed by atoms with Gasteiger partial charge in [-0.1, -0.05) is 6.07 Å². The molecule has 1 aliphatic rings. The minimum atomic E-state index is -3.03. The van der Waals surface area contributed by atoms with Crippen molar-refractivity contribution in [1.82, 2.24) is 9.88 Å². The molecule has 1 unspecified atom stereocenters. The number of rotatable bonds is 4. The van der Waals surface area contributed by atoms with Crippen LogP contribution in [0.1, 0.15) is 27.9 Å². The zero-order chi connectivity index (χ0) is 18.9. The van der Waals surface area contributed by atoms with E-state index in [-0.39, 0.29) is 23.5 Å². The molecule has 1 aliphatic heterocycles. The van der Waals surface area contributed by atoms with Crippen LogP contribution in [-0.4, -0.2) is 48.8 Å². The van der Waals surface area contributed by atoms with Crippen LogP contribution in [0.5, 0.6) is 0 Å². The highest BCUT2D eigenvalue weighted by molar-refractivity contribution is 7.91. The van der Waals surface area contributed by atoms with Gasteiger partial charge in [0, 0.05) is 30.5 Å². The highest BCUT2D eigenvalue weighted by atomic mass is 32.2. The summed E-state index contributed by atoms with van der Waals surface area (Å²) >= 11 is 0. The molecular weight excluding hydrogens is 350 g/mol. The van der Waals surface area contributed by atoms with Gasteiger partial charge in [-0.05, 0) is 55.7 Å². The van der Waals surface area contributed by atoms with Crippen molar-refractivity contribution in [2.45, 2.75) is 26.3 Å². The average Bonchev–Trinajstić information content (AvgIpc) is 2.93. The molecule has 1 N–H and O–H groups in total. The molecule has 1 fully saturated rings. The fourth-order valence-corrected chi connectivity index (χ4v) is 5.05. The minimum absolute atomic E-state index is 0.0357. The first-order valence-electron chi connectivity index (χ1n) is 8.52. The second-order valence-corrected chi connectivity index (χ2v) is 9.13. The zero-order valence-corrected chi connectivity index (χ0v) is 16.0. The van der Waals surface area contributed by atoms with Gasteiger partial charge in [-0.2, -0.15) is 0 Å². The van der Waals surface area contributed by atoms with Crippen molar-refractivity contribution in [1.29, 1.82) is 0 Å². The van der Waals surface area contributed by atoms with Crippen molar-refractivity contribution in [2.75, 3.05) is 23.9 Å². The Morgan fingerprint density at radius 2 is 1.88 bits per heavy atom. The maximum Gasteiger partial charge on any atom is 0.254 e. The summed E-state index contributed by atoms with van der Waals surface area (Å²) in [6.07, 6.45) is 2.07. The molecule has 7 heteroatoms. The molecule has 0 bridgehead atoms. The largest absolute Gasteiger partial charge is 0.340 e. The first-order valence-corrected chi connectivity index (χ1v) is 10.3. The second kappa shape index (κ2) is 7.07. The molecule has 1 saturated heterocycles. The summed E-state index contributed by atoms with van der Waals surface area (Å²) in [5, 5.41) is 3.22. The highest BCUT2D eigenvalue weighted by Gasteiger charge is 2.33. The van der Waals surface area contributed by atoms with Gasteiger partial charge >= 0.3 is 0 Å². The Kier molecular flexibility index (Phi) is 5.00. The van der Waals surface area contributed by atoms with Crippen molar-refractivity contribution in [3.8, 4) is 0 Å². The Balaban J connectivity index is 1.77. The molecule has 1 atom stereocenters. The molecular formula is C19H23N3O3S. The molecule has 6 nitrogen and oxygen atoms in total. The summed E-state index contributed by atoms with van der Waals surface area (Å²) in [5.41, 5.74) is 3.68. The van der Waals surface area contributed by atoms with Gasteiger partial charge < -0.3 is 10.2 Å². The molecule has 2 aromatic rings. The molecule has 0 spiro atoms. The van der Waals surface area contributed by atoms with Crippen LogP contribution in [0.15, 0.2) is 36.5 Å². The standard InChI is InChI=1S/C19H23N3O3S/c1-13-8-14(2)10-16(9-13)21-18-11-15(4-6-20-18)19(23)22(3)17-5-7-26(24,25)12-17/h4,6,8-11,17H,5,7,12H2,1-3H3,(H,20,21). The van der Waals surface area contributed by atoms with E-state index in [0.717, 1.165) is 16.8 Å². The first-order chi connectivity index (χ1) is 12.2. The molecule has 3 rings (SSSR count). The number of amides is 1. The van der Waals surface area contributed by atoms with Crippen LogP contribution >= 0.6 is 0 Å². The van der Waals surface area contributed by atoms with E-state index in [9.17, 15) is 13.2 Å². The normalized spacial score (nSPS) is 18.5. The average molecular weight is 373 g/mol. The van der Waals surface area contributed by atoms with Gasteiger partial charge in [0.1, 0.15) is 5.82 Å². The molecule has 1 amide bonds. The maximum absolute atomic E-state index is 12.7. The lowest BCUT2D eigenvalue weighted by atomic mass is 10.1. The fraction of sp³-hybridized carbons (Fsp3) is 0.368. The van der Waals surface area contributed by atoms with Crippen LogP contribution < -0.4 is 5.32 Å². The zero-order valence-electron chi connectivity index (χ0n) is 15.2. The van der Waals surface area contributed by atoms with E-state index in [1.54, 1.807) is 25.4 Å². The summed E-state index contributed by atoms with van der Waals surface area (Å²) < 4.78 is 23.3. The summed E-state index contributed by atoms with van der Waals surface area (Å²) in [4.78, 5) is 18.5. The number of hydrogen-bond acceptors (Lipinski definition) is 5. The van der Waals surface area contributed by atoms with E-state index in [1.165, 1.54) is 4.90 Å². The molecule has 138 valence electrons. The molecule has 0 saturated carbocycles.